The van der Waals surface area contributed by atoms with Crippen LogP contribution in [0, 0.1) is 24.2 Å². The molecule has 2 rings (SSSR count). The van der Waals surface area contributed by atoms with Crippen LogP contribution in [-0.2, 0) is 13.6 Å². The molecule has 98 valence electrons. The highest BCUT2D eigenvalue weighted by atomic mass is 15.1. The number of hydrogen-bond donors (Lipinski definition) is 1. The predicted octanol–water partition coefficient (Wildman–Crippen LogP) is 1.25. The molecule has 1 unspecified atom stereocenters. The summed E-state index contributed by atoms with van der Waals surface area (Å²) in [6.45, 7) is 6.42. The fourth-order valence-corrected chi connectivity index (χ4v) is 2.65. The number of likely N-dealkylation sites (tertiary alicyclic amines) is 1. The molecule has 1 atom stereocenters. The van der Waals surface area contributed by atoms with Crippen LogP contribution in [0.1, 0.15) is 23.4 Å². The molecule has 1 saturated heterocycles. The SMILES string of the molecule is Cc1c(CNCC2CCN(C)C2)cc(C#N)n1C. The number of hydrogen-bond acceptors (Lipinski definition) is 3. The lowest BCUT2D eigenvalue weighted by Crippen LogP contribution is -2.24. The first-order valence-electron chi connectivity index (χ1n) is 6.56. The zero-order valence-electron chi connectivity index (χ0n) is 11.5. The molecule has 1 aromatic rings. The number of nitriles is 1. The first-order chi connectivity index (χ1) is 8.61. The third-order valence-corrected chi connectivity index (χ3v) is 3.99. The van der Waals surface area contributed by atoms with E-state index in [-0.39, 0.29) is 0 Å². The molecule has 0 bridgehead atoms. The molecule has 0 aliphatic carbocycles. The molecule has 4 heteroatoms. The van der Waals surface area contributed by atoms with Crippen LogP contribution in [0.5, 0.6) is 0 Å². The fourth-order valence-electron chi connectivity index (χ4n) is 2.65. The van der Waals surface area contributed by atoms with Crippen LogP contribution in [0.4, 0.5) is 0 Å². The van der Waals surface area contributed by atoms with Crippen molar-refractivity contribution in [2.45, 2.75) is 19.9 Å². The minimum Gasteiger partial charge on any atom is -0.340 e. The highest BCUT2D eigenvalue weighted by molar-refractivity contribution is 5.33. The van der Waals surface area contributed by atoms with Gasteiger partial charge in [0.25, 0.3) is 0 Å². The Labute approximate surface area is 109 Å². The summed E-state index contributed by atoms with van der Waals surface area (Å²) in [7, 11) is 4.13. The van der Waals surface area contributed by atoms with E-state index >= 15 is 0 Å². The lowest BCUT2D eigenvalue weighted by atomic mass is 10.1. The van der Waals surface area contributed by atoms with E-state index in [2.05, 4.69) is 30.3 Å². The van der Waals surface area contributed by atoms with Crippen molar-refractivity contribution in [2.75, 3.05) is 26.7 Å². The lowest BCUT2D eigenvalue weighted by molar-refractivity contribution is 0.388. The van der Waals surface area contributed by atoms with E-state index < -0.39 is 0 Å². The molecule has 0 saturated carbocycles. The summed E-state index contributed by atoms with van der Waals surface area (Å²) in [6.07, 6.45) is 1.29. The van der Waals surface area contributed by atoms with Crippen LogP contribution < -0.4 is 5.32 Å². The standard InChI is InChI=1S/C14H22N4/c1-11-13(6-14(7-15)18(11)3)9-16-8-12-4-5-17(2)10-12/h6,12,16H,4-5,8-10H2,1-3H3. The molecule has 0 spiro atoms. The quantitative estimate of drug-likeness (QED) is 0.869. The zero-order valence-corrected chi connectivity index (χ0v) is 11.5. The van der Waals surface area contributed by atoms with Gasteiger partial charge >= 0.3 is 0 Å². The summed E-state index contributed by atoms with van der Waals surface area (Å²) in [6, 6.07) is 4.21. The zero-order chi connectivity index (χ0) is 13.1. The Morgan fingerprint density at radius 3 is 2.83 bits per heavy atom. The van der Waals surface area contributed by atoms with E-state index in [4.69, 9.17) is 5.26 Å². The van der Waals surface area contributed by atoms with Crippen molar-refractivity contribution in [1.82, 2.24) is 14.8 Å². The fraction of sp³-hybridized carbons (Fsp3) is 0.643. The molecule has 1 N–H and O–H groups in total. The third kappa shape index (κ3) is 2.74. The van der Waals surface area contributed by atoms with Gasteiger partial charge in [-0.1, -0.05) is 0 Å². The second-order valence-corrected chi connectivity index (χ2v) is 5.36. The van der Waals surface area contributed by atoms with Gasteiger partial charge in [-0.15, -0.1) is 0 Å². The molecule has 0 amide bonds. The van der Waals surface area contributed by atoms with Crippen molar-refractivity contribution >= 4 is 0 Å². The lowest BCUT2D eigenvalue weighted by Gasteiger charge is -2.11. The number of nitrogens with zero attached hydrogens (tertiary/aromatic N) is 3. The average Bonchev–Trinajstić information content (AvgIpc) is 2.88. The summed E-state index contributed by atoms with van der Waals surface area (Å²) < 4.78 is 1.96. The van der Waals surface area contributed by atoms with Crippen LogP contribution in [0.3, 0.4) is 0 Å². The van der Waals surface area contributed by atoms with Crippen molar-refractivity contribution in [3.8, 4) is 6.07 Å². The monoisotopic (exact) mass is 246 g/mol. The average molecular weight is 246 g/mol. The summed E-state index contributed by atoms with van der Waals surface area (Å²) in [5.74, 6) is 0.773. The topological polar surface area (TPSA) is 44.0 Å². The molecule has 2 heterocycles. The summed E-state index contributed by atoms with van der Waals surface area (Å²) in [5, 5.41) is 12.5. The van der Waals surface area contributed by atoms with Crippen LogP contribution in [0.2, 0.25) is 0 Å². The van der Waals surface area contributed by atoms with Crippen molar-refractivity contribution in [2.24, 2.45) is 13.0 Å². The van der Waals surface area contributed by atoms with Gasteiger partial charge in [-0.2, -0.15) is 5.26 Å². The maximum absolute atomic E-state index is 8.99. The molecule has 18 heavy (non-hydrogen) atoms. The largest absolute Gasteiger partial charge is 0.340 e. The minimum atomic E-state index is 0.741. The molecule has 0 aromatic carbocycles. The Balaban J connectivity index is 1.85. The van der Waals surface area contributed by atoms with Crippen molar-refractivity contribution in [1.29, 1.82) is 5.26 Å². The van der Waals surface area contributed by atoms with Crippen molar-refractivity contribution in [3.63, 3.8) is 0 Å². The van der Waals surface area contributed by atoms with E-state index in [1.807, 2.05) is 17.7 Å². The normalized spacial score (nSPS) is 20.2. The van der Waals surface area contributed by atoms with Crippen LogP contribution in [0.25, 0.3) is 0 Å². The smallest absolute Gasteiger partial charge is 0.120 e. The molecule has 1 aliphatic rings. The Morgan fingerprint density at radius 2 is 2.28 bits per heavy atom. The molecular formula is C14H22N4. The Kier molecular flexibility index (Phi) is 4.05. The van der Waals surface area contributed by atoms with Crippen molar-refractivity contribution < 1.29 is 0 Å². The van der Waals surface area contributed by atoms with Crippen LogP contribution >= 0.6 is 0 Å². The Hall–Kier alpha value is -1.31. The van der Waals surface area contributed by atoms with Gasteiger partial charge in [-0.05, 0) is 51.0 Å². The van der Waals surface area contributed by atoms with E-state index in [0.29, 0.717) is 0 Å². The number of nitrogens with one attached hydrogen (secondary N) is 1. The molecule has 0 radical (unpaired) electrons. The van der Waals surface area contributed by atoms with Gasteiger partial charge in [0.15, 0.2) is 0 Å². The van der Waals surface area contributed by atoms with Gasteiger partial charge in [0.1, 0.15) is 11.8 Å². The molecule has 1 fully saturated rings. The highest BCUT2D eigenvalue weighted by Gasteiger charge is 2.18. The maximum atomic E-state index is 8.99. The Morgan fingerprint density at radius 1 is 1.50 bits per heavy atom. The summed E-state index contributed by atoms with van der Waals surface area (Å²) >= 11 is 0. The number of rotatable bonds is 4. The third-order valence-electron chi connectivity index (χ3n) is 3.99. The van der Waals surface area contributed by atoms with E-state index in [1.54, 1.807) is 0 Å². The number of aromatic nitrogens is 1. The van der Waals surface area contributed by atoms with E-state index in [9.17, 15) is 0 Å². The molecular weight excluding hydrogens is 224 g/mol. The molecule has 1 aromatic heterocycles. The van der Waals surface area contributed by atoms with Gasteiger partial charge in [0, 0.05) is 25.8 Å². The van der Waals surface area contributed by atoms with Crippen LogP contribution in [-0.4, -0.2) is 36.1 Å². The van der Waals surface area contributed by atoms with Gasteiger partial charge in [-0.3, -0.25) is 0 Å². The first-order valence-corrected chi connectivity index (χ1v) is 6.56. The second kappa shape index (κ2) is 5.55. The summed E-state index contributed by atoms with van der Waals surface area (Å²) in [4.78, 5) is 2.38. The highest BCUT2D eigenvalue weighted by Crippen LogP contribution is 2.15. The van der Waals surface area contributed by atoms with E-state index in [1.165, 1.54) is 30.8 Å². The van der Waals surface area contributed by atoms with Gasteiger partial charge < -0.3 is 14.8 Å². The molecule has 4 nitrogen and oxygen atoms in total. The Bertz CT molecular complexity index is 455. The second-order valence-electron chi connectivity index (χ2n) is 5.36. The summed E-state index contributed by atoms with van der Waals surface area (Å²) in [5.41, 5.74) is 3.16. The predicted molar refractivity (Wildman–Crippen MR) is 72.2 cm³/mol. The van der Waals surface area contributed by atoms with Gasteiger partial charge in [0.2, 0.25) is 0 Å². The van der Waals surface area contributed by atoms with Crippen molar-refractivity contribution in [3.05, 3.63) is 23.0 Å². The minimum absolute atomic E-state index is 0.741. The van der Waals surface area contributed by atoms with Gasteiger partial charge in [-0.25, -0.2) is 0 Å². The first kappa shape index (κ1) is 13.1. The van der Waals surface area contributed by atoms with Gasteiger partial charge in [0.05, 0.1) is 0 Å². The maximum Gasteiger partial charge on any atom is 0.120 e. The van der Waals surface area contributed by atoms with Crippen LogP contribution in [0.15, 0.2) is 6.07 Å². The van der Waals surface area contributed by atoms with E-state index in [0.717, 1.165) is 24.7 Å². The molecule has 1 aliphatic heterocycles.